The summed E-state index contributed by atoms with van der Waals surface area (Å²) in [6.07, 6.45) is -1.28. The zero-order valence-corrected chi connectivity index (χ0v) is 11.1. The third kappa shape index (κ3) is 2.24. The minimum absolute atomic E-state index is 0.274. The molecule has 1 aromatic rings. The molecule has 1 fully saturated rings. The maximum absolute atomic E-state index is 12.0. The zero-order chi connectivity index (χ0) is 14.2. The average molecular weight is 284 g/mol. The maximum atomic E-state index is 12.0. The number of carbonyl (C=O) groups is 3. The van der Waals surface area contributed by atoms with Gasteiger partial charge in [0.15, 0.2) is 5.54 Å². The lowest BCUT2D eigenvalue weighted by molar-refractivity contribution is -0.124. The van der Waals surface area contributed by atoms with Gasteiger partial charge in [0.05, 0.1) is 17.2 Å². The third-order valence-electron chi connectivity index (χ3n) is 2.75. The van der Waals surface area contributed by atoms with E-state index in [2.05, 4.69) is 20.9 Å². The summed E-state index contributed by atoms with van der Waals surface area (Å²) in [6, 6.07) is -0.665. The van der Waals surface area contributed by atoms with Gasteiger partial charge in [0, 0.05) is 4.88 Å². The molecule has 19 heavy (non-hydrogen) atoms. The van der Waals surface area contributed by atoms with E-state index in [1.807, 2.05) is 0 Å². The van der Waals surface area contributed by atoms with Crippen LogP contribution in [0.25, 0.3) is 0 Å². The monoisotopic (exact) mass is 284 g/mol. The fourth-order valence-electron chi connectivity index (χ4n) is 2.00. The van der Waals surface area contributed by atoms with Gasteiger partial charge in [0.2, 0.25) is 0 Å². The van der Waals surface area contributed by atoms with Crippen molar-refractivity contribution in [1.82, 2.24) is 20.9 Å². The van der Waals surface area contributed by atoms with Crippen LogP contribution in [-0.2, 0) is 10.3 Å². The lowest BCUT2D eigenvalue weighted by Gasteiger charge is -2.24. The number of carboxylic acid groups (broad SMARTS) is 1. The zero-order valence-electron chi connectivity index (χ0n) is 10.2. The normalized spacial score (nSPS) is 22.0. The molecule has 1 atom stereocenters. The molecule has 2 heterocycles. The lowest BCUT2D eigenvalue weighted by Crippen LogP contribution is -2.53. The summed E-state index contributed by atoms with van der Waals surface area (Å²) in [5.41, 5.74) is -1.11. The highest BCUT2D eigenvalue weighted by Crippen LogP contribution is 2.29. The van der Waals surface area contributed by atoms with Crippen molar-refractivity contribution in [2.75, 3.05) is 6.54 Å². The van der Waals surface area contributed by atoms with E-state index in [0.717, 1.165) is 9.88 Å². The van der Waals surface area contributed by atoms with Crippen LogP contribution < -0.4 is 16.0 Å². The number of aryl methyl sites for hydroxylation is 2. The number of amides is 4. The molecule has 0 spiro atoms. The second-order valence-electron chi connectivity index (χ2n) is 4.11. The summed E-state index contributed by atoms with van der Waals surface area (Å²) >= 11 is 1.37. The Morgan fingerprint density at radius 2 is 2.16 bits per heavy atom. The Morgan fingerprint density at radius 1 is 1.47 bits per heavy atom. The van der Waals surface area contributed by atoms with E-state index in [1.165, 1.54) is 11.3 Å². The highest BCUT2D eigenvalue weighted by atomic mass is 32.1. The van der Waals surface area contributed by atoms with Gasteiger partial charge >= 0.3 is 12.1 Å². The van der Waals surface area contributed by atoms with E-state index < -0.39 is 23.6 Å². The fraction of sp³-hybridized carbons (Fsp3) is 0.400. The predicted molar refractivity (Wildman–Crippen MR) is 66.0 cm³/mol. The molecule has 1 unspecified atom stereocenters. The molecule has 0 saturated carbocycles. The Kier molecular flexibility index (Phi) is 3.14. The number of thiazole rings is 1. The van der Waals surface area contributed by atoms with Gasteiger partial charge in [0.25, 0.3) is 5.91 Å². The minimum atomic E-state index is -1.48. The van der Waals surface area contributed by atoms with Crippen molar-refractivity contribution >= 4 is 29.4 Å². The average Bonchev–Trinajstić information content (AvgIpc) is 2.77. The van der Waals surface area contributed by atoms with E-state index in [0.29, 0.717) is 5.69 Å². The van der Waals surface area contributed by atoms with Crippen molar-refractivity contribution in [3.05, 3.63) is 15.6 Å². The predicted octanol–water partition coefficient (Wildman–Crippen LogP) is 0.0622. The second kappa shape index (κ2) is 4.50. The minimum Gasteiger partial charge on any atom is -0.465 e. The molecule has 1 aliphatic rings. The van der Waals surface area contributed by atoms with Gasteiger partial charge in [-0.3, -0.25) is 10.1 Å². The second-order valence-corrected chi connectivity index (χ2v) is 5.52. The summed E-state index contributed by atoms with van der Waals surface area (Å²) in [6.45, 7) is 3.26. The van der Waals surface area contributed by atoms with Crippen LogP contribution in [0.4, 0.5) is 9.59 Å². The molecule has 0 aliphatic carbocycles. The molecule has 8 nitrogen and oxygen atoms in total. The topological polar surface area (TPSA) is 120 Å². The summed E-state index contributed by atoms with van der Waals surface area (Å²) in [5.74, 6) is -0.611. The van der Waals surface area contributed by atoms with E-state index in [4.69, 9.17) is 5.11 Å². The van der Waals surface area contributed by atoms with Crippen LogP contribution in [0, 0.1) is 13.8 Å². The Hall–Kier alpha value is -2.16. The van der Waals surface area contributed by atoms with Crippen LogP contribution in [0.3, 0.4) is 0 Å². The van der Waals surface area contributed by atoms with Gasteiger partial charge in [-0.2, -0.15) is 0 Å². The van der Waals surface area contributed by atoms with Crippen LogP contribution in [0.5, 0.6) is 0 Å². The Bertz CT molecular complexity index is 570. The van der Waals surface area contributed by atoms with Crippen molar-refractivity contribution < 1.29 is 19.5 Å². The number of hydrogen-bond acceptors (Lipinski definition) is 5. The number of imide groups is 1. The lowest BCUT2D eigenvalue weighted by atomic mass is 9.94. The molecule has 0 bridgehead atoms. The first kappa shape index (κ1) is 13.3. The largest absolute Gasteiger partial charge is 0.465 e. The molecule has 1 saturated heterocycles. The van der Waals surface area contributed by atoms with E-state index in [-0.39, 0.29) is 6.54 Å². The molecule has 1 aromatic heterocycles. The molecule has 0 aromatic carbocycles. The number of nitrogens with one attached hydrogen (secondary N) is 3. The maximum Gasteiger partial charge on any atom is 0.404 e. The van der Waals surface area contributed by atoms with Crippen LogP contribution in [0.15, 0.2) is 0 Å². The molecule has 9 heteroatoms. The van der Waals surface area contributed by atoms with Crippen LogP contribution >= 0.6 is 11.3 Å². The van der Waals surface area contributed by atoms with Gasteiger partial charge in [-0.25, -0.2) is 14.6 Å². The number of rotatable bonds is 3. The molecule has 4 N–H and O–H groups in total. The van der Waals surface area contributed by atoms with Crippen LogP contribution in [-0.4, -0.2) is 34.7 Å². The van der Waals surface area contributed by atoms with Gasteiger partial charge in [-0.15, -0.1) is 11.3 Å². The first-order chi connectivity index (χ1) is 8.85. The summed E-state index contributed by atoms with van der Waals surface area (Å²) < 4.78 is 0. The highest BCUT2D eigenvalue weighted by molar-refractivity contribution is 7.11. The van der Waals surface area contributed by atoms with Gasteiger partial charge < -0.3 is 15.7 Å². The Balaban J connectivity index is 2.45. The Morgan fingerprint density at radius 3 is 2.58 bits per heavy atom. The molecule has 0 radical (unpaired) electrons. The van der Waals surface area contributed by atoms with Crippen LogP contribution in [0.1, 0.15) is 15.6 Å². The Labute approximate surface area is 112 Å². The first-order valence-electron chi connectivity index (χ1n) is 5.40. The van der Waals surface area contributed by atoms with Crippen molar-refractivity contribution in [1.29, 1.82) is 0 Å². The summed E-state index contributed by atoms with van der Waals surface area (Å²) in [4.78, 5) is 39.0. The third-order valence-corrected chi connectivity index (χ3v) is 3.64. The molecule has 102 valence electrons. The van der Waals surface area contributed by atoms with Gasteiger partial charge in [-0.1, -0.05) is 0 Å². The molecular weight excluding hydrogens is 272 g/mol. The van der Waals surface area contributed by atoms with E-state index in [9.17, 15) is 14.4 Å². The van der Waals surface area contributed by atoms with Crippen molar-refractivity contribution in [2.45, 2.75) is 19.4 Å². The van der Waals surface area contributed by atoms with E-state index in [1.54, 1.807) is 13.8 Å². The van der Waals surface area contributed by atoms with Crippen LogP contribution in [0.2, 0.25) is 0 Å². The number of urea groups is 1. The van der Waals surface area contributed by atoms with Crippen molar-refractivity contribution in [3.63, 3.8) is 0 Å². The number of nitrogens with zero attached hydrogens (tertiary/aromatic N) is 1. The van der Waals surface area contributed by atoms with Crippen molar-refractivity contribution in [2.24, 2.45) is 0 Å². The summed E-state index contributed by atoms with van der Waals surface area (Å²) in [7, 11) is 0. The van der Waals surface area contributed by atoms with Gasteiger partial charge in [0.1, 0.15) is 0 Å². The smallest absolute Gasteiger partial charge is 0.404 e. The molecule has 4 amide bonds. The van der Waals surface area contributed by atoms with Gasteiger partial charge in [-0.05, 0) is 13.8 Å². The quantitative estimate of drug-likeness (QED) is 0.585. The SMILES string of the molecule is Cc1nc(C2(CNC(=O)O)NC(=O)NC2=O)c(C)s1. The fourth-order valence-corrected chi connectivity index (χ4v) is 2.90. The highest BCUT2D eigenvalue weighted by Gasteiger charge is 2.50. The summed E-state index contributed by atoms with van der Waals surface area (Å²) in [5, 5.41) is 16.1. The first-order valence-corrected chi connectivity index (χ1v) is 6.22. The molecule has 2 rings (SSSR count). The van der Waals surface area contributed by atoms with Crippen molar-refractivity contribution in [3.8, 4) is 0 Å². The molecule has 1 aliphatic heterocycles. The molecular formula is C10H12N4O4S. The van der Waals surface area contributed by atoms with E-state index >= 15 is 0 Å². The number of carbonyl (C=O) groups excluding carboxylic acids is 2. The number of aromatic nitrogens is 1. The number of hydrogen-bond donors (Lipinski definition) is 4. The standard InChI is InChI=1S/C10H12N4O4S/c1-4-6(12-5(2)19-4)10(3-11-9(17)18)7(15)13-8(16)14-10/h11H,3H2,1-2H3,(H,17,18)(H2,13,14,15,16).